The molecule has 12 aromatic rings. The first kappa shape index (κ1) is 68.1. The van der Waals surface area contributed by atoms with Gasteiger partial charge in [0.2, 0.25) is 0 Å². The maximum atomic E-state index is 8.87. The minimum absolute atomic E-state index is 0. The second kappa shape index (κ2) is 34.3. The summed E-state index contributed by atoms with van der Waals surface area (Å²) in [6, 6.07) is 62.5. The molecule has 1 saturated carbocycles. The van der Waals surface area contributed by atoms with Crippen LogP contribution in [-0.2, 0) is 99.7 Å². The van der Waals surface area contributed by atoms with Gasteiger partial charge in [-0.3, -0.25) is 34.7 Å². The van der Waals surface area contributed by atoms with Gasteiger partial charge in [0.1, 0.15) is 12.7 Å². The van der Waals surface area contributed by atoms with Crippen molar-refractivity contribution >= 4 is 17.2 Å². The van der Waals surface area contributed by atoms with Gasteiger partial charge in [-0.25, -0.2) is 21.8 Å². The first-order chi connectivity index (χ1) is 40.4. The minimum atomic E-state index is 0. The molecule has 8 aromatic heterocycles. The Bertz CT molecular complexity index is 3830. The van der Waals surface area contributed by atoms with Crippen LogP contribution in [-0.4, -0.2) is 81.8 Å². The average molecular weight is 1870 g/mol. The quantitative estimate of drug-likeness (QED) is 0.0913. The van der Waals surface area contributed by atoms with Gasteiger partial charge in [0.15, 0.2) is 0 Å². The molecule has 0 unspecified atom stereocenters. The largest absolute Gasteiger partial charge is 0.408 e. The van der Waals surface area contributed by atoms with Crippen molar-refractivity contribution in [3.8, 4) is 57.4 Å². The fourth-order valence-corrected chi connectivity index (χ4v) is 10.9. The van der Waals surface area contributed by atoms with E-state index >= 15 is 0 Å². The fourth-order valence-electron chi connectivity index (χ4n) is 9.74. The molecule has 13 rings (SSSR count). The standard InChI is InChI=1S/C21H18N3.C15H15N4.C15H16N3S.C14H15N6.4Ir/c1-2-18-16-20(23-15-9-14-22-23)21(17-10-5-3-6-11-17)24(18)19-12-7-4-8-13-19;1-2-7-14-12-15(18-11-6-10-16-18)17-19(14)13-8-4-3-5-9-13;16-8-7-13-11-14(18-10-4-9-17-18)15(19-13)12-5-2-1-3-6-12;1-3-18(2)14-9-13(19-11-15-10-16-19)17-20(14)12-7-5-4-6-8-12;;;;/h3-15H,2H2,1H3;3-6,8-11H,2,7H2,1H3;4,9-10,12H,1-3,5-7H2;4-8,10-11H,3H2,1-2H3;;;;/q4*-1;;;;. The van der Waals surface area contributed by atoms with Crippen molar-refractivity contribution < 1.29 is 80.4 Å². The van der Waals surface area contributed by atoms with Crippen molar-refractivity contribution in [1.29, 1.82) is 5.26 Å². The molecule has 450 valence electrons. The van der Waals surface area contributed by atoms with Crippen LogP contribution < -0.4 is 4.90 Å². The molecule has 86 heavy (non-hydrogen) atoms. The minimum Gasteiger partial charge on any atom is -0.408 e. The van der Waals surface area contributed by atoms with Crippen molar-refractivity contribution in [2.24, 2.45) is 0 Å². The molecular weight excluding hydrogens is 1810 g/mol. The summed E-state index contributed by atoms with van der Waals surface area (Å²) in [5, 5.41) is 35.1. The van der Waals surface area contributed by atoms with E-state index < -0.39 is 0 Å². The van der Waals surface area contributed by atoms with Gasteiger partial charge in [-0.1, -0.05) is 176 Å². The summed E-state index contributed by atoms with van der Waals surface area (Å²) in [6.45, 7) is 7.27. The first-order valence-electron chi connectivity index (χ1n) is 27.8. The summed E-state index contributed by atoms with van der Waals surface area (Å²) in [4.78, 5) is 8.43. The van der Waals surface area contributed by atoms with Gasteiger partial charge >= 0.3 is 0 Å². The van der Waals surface area contributed by atoms with Crippen molar-refractivity contribution in [3.63, 3.8) is 0 Å². The normalized spacial score (nSPS) is 11.5. The number of benzene rings is 4. The van der Waals surface area contributed by atoms with Crippen LogP contribution in [0.4, 0.5) is 5.82 Å². The van der Waals surface area contributed by atoms with E-state index in [0.717, 1.165) is 93.4 Å². The van der Waals surface area contributed by atoms with E-state index in [0.29, 0.717) is 18.2 Å². The van der Waals surface area contributed by atoms with Crippen LogP contribution in [0.3, 0.4) is 0 Å². The molecule has 1 fully saturated rings. The van der Waals surface area contributed by atoms with E-state index in [2.05, 4.69) is 145 Å². The number of nitrogens with zero attached hydrogens (tertiary/aromatic N) is 16. The van der Waals surface area contributed by atoms with Crippen molar-refractivity contribution in [3.05, 3.63) is 235 Å². The second-order valence-corrected chi connectivity index (χ2v) is 20.4. The van der Waals surface area contributed by atoms with Crippen molar-refractivity contribution in [1.82, 2.24) is 68.2 Å². The second-order valence-electron chi connectivity index (χ2n) is 19.3. The van der Waals surface area contributed by atoms with E-state index in [4.69, 9.17) is 5.26 Å². The fraction of sp³-hybridized carbons (Fsp3) is 0.231. The Labute approximate surface area is 561 Å². The van der Waals surface area contributed by atoms with Gasteiger partial charge in [-0.05, 0) is 86.0 Å². The monoisotopic (exact) mass is 1870 g/mol. The van der Waals surface area contributed by atoms with Crippen molar-refractivity contribution in [2.75, 3.05) is 18.5 Å². The molecule has 0 bridgehead atoms. The van der Waals surface area contributed by atoms with Crippen LogP contribution in [0.15, 0.2) is 189 Å². The number of thiophene rings is 1. The van der Waals surface area contributed by atoms with E-state index in [1.54, 1.807) is 45.6 Å². The van der Waals surface area contributed by atoms with Crippen LogP contribution >= 0.6 is 11.3 Å². The van der Waals surface area contributed by atoms with E-state index in [1.807, 2.05) is 135 Å². The third-order valence-corrected chi connectivity index (χ3v) is 15.0. The van der Waals surface area contributed by atoms with Crippen LogP contribution in [0.1, 0.15) is 86.4 Å². The number of hydrogen-bond donors (Lipinski definition) is 0. The first-order valence-corrected chi connectivity index (χ1v) is 28.7. The molecule has 0 amide bonds. The Morgan fingerprint density at radius 3 is 1.66 bits per heavy atom. The molecule has 1 aliphatic rings. The maximum absolute atomic E-state index is 8.87. The Balaban J connectivity index is 0.000000181. The van der Waals surface area contributed by atoms with Gasteiger partial charge < -0.3 is 21.6 Å². The van der Waals surface area contributed by atoms with E-state index in [9.17, 15) is 0 Å². The average Bonchev–Trinajstić information content (AvgIpc) is 2.07. The molecule has 1 aliphatic carbocycles. The molecule has 0 N–H and O–H groups in total. The summed E-state index contributed by atoms with van der Waals surface area (Å²) in [6.07, 6.45) is 24.1. The molecule has 0 saturated heterocycles. The smallest absolute Gasteiger partial charge is 0.138 e. The SMILES string of the molecule is CCCc1[c-]c(-n2cccn2)nn1-c1ccccc1.CCN(C)c1[c-]c(-n2cncn2)nn1-c1ccccc1.CCc1[c-]c(-n2cccn2)c(-c2ccccc2)n1-c1ccccc1.N#CCc1[c-]c(-n2cccn2)c(C2CCCCC2)s1.[Ir].[Ir].[Ir].[Ir]. The van der Waals surface area contributed by atoms with Gasteiger partial charge in [-0.15, -0.1) is 10.6 Å². The molecule has 4 radical (unpaired) electrons. The third kappa shape index (κ3) is 16.7. The van der Waals surface area contributed by atoms with Gasteiger partial charge in [0.05, 0.1) is 23.9 Å². The van der Waals surface area contributed by atoms with Crippen LogP contribution in [0.5, 0.6) is 0 Å². The van der Waals surface area contributed by atoms with Crippen LogP contribution in [0, 0.1) is 35.6 Å². The molecule has 21 heteroatoms. The van der Waals surface area contributed by atoms with Crippen LogP contribution in [0.2, 0.25) is 0 Å². The molecule has 0 aliphatic heterocycles. The zero-order chi connectivity index (χ0) is 56.5. The number of aryl methyl sites for hydroxylation is 2. The Morgan fingerprint density at radius 2 is 1.13 bits per heavy atom. The Kier molecular flexibility index (Phi) is 27.2. The number of hydrogen-bond acceptors (Lipinski definition) is 10. The molecule has 8 heterocycles. The Morgan fingerprint density at radius 1 is 0.581 bits per heavy atom. The van der Waals surface area contributed by atoms with Gasteiger partial charge in [0, 0.05) is 143 Å². The predicted octanol–water partition coefficient (Wildman–Crippen LogP) is 13.1. The molecular formula is C65H64Ir4N16S-4. The molecule has 4 aromatic carbocycles. The summed E-state index contributed by atoms with van der Waals surface area (Å²) < 4.78 is 13.2. The third-order valence-electron chi connectivity index (χ3n) is 13.8. The predicted molar refractivity (Wildman–Crippen MR) is 322 cm³/mol. The summed E-state index contributed by atoms with van der Waals surface area (Å²) in [5.41, 5.74) is 9.72. The zero-order valence-corrected chi connectivity index (χ0v) is 58.3. The molecule has 16 nitrogen and oxygen atoms in total. The Hall–Kier alpha value is -7.06. The number of rotatable bonds is 15. The summed E-state index contributed by atoms with van der Waals surface area (Å²) in [7, 11) is 2.01. The zero-order valence-electron chi connectivity index (χ0n) is 47.9. The maximum Gasteiger partial charge on any atom is 0.138 e. The molecule has 0 spiro atoms. The topological polar surface area (TPSA) is 152 Å². The van der Waals surface area contributed by atoms with E-state index in [1.165, 1.54) is 43.3 Å². The van der Waals surface area contributed by atoms with Gasteiger partial charge in [0.25, 0.3) is 0 Å². The number of aromatic nitrogens is 14. The number of para-hydroxylation sites is 3. The summed E-state index contributed by atoms with van der Waals surface area (Å²) >= 11 is 1.75. The van der Waals surface area contributed by atoms with Gasteiger partial charge in [-0.2, -0.15) is 35.9 Å². The van der Waals surface area contributed by atoms with E-state index in [-0.39, 0.29) is 80.4 Å². The van der Waals surface area contributed by atoms with Crippen molar-refractivity contribution in [2.45, 2.75) is 84.5 Å². The molecule has 0 atom stereocenters. The van der Waals surface area contributed by atoms with Crippen LogP contribution in [0.25, 0.3) is 51.3 Å². The number of anilines is 1. The summed E-state index contributed by atoms with van der Waals surface area (Å²) in [5.74, 6) is 2.88. The number of nitriles is 1.